The van der Waals surface area contributed by atoms with E-state index in [9.17, 15) is 9.90 Å². The molecule has 0 radical (unpaired) electrons. The molecule has 2 unspecified atom stereocenters. The van der Waals surface area contributed by atoms with E-state index in [0.29, 0.717) is 11.8 Å². The molecule has 0 aliphatic heterocycles. The third-order valence-corrected chi connectivity index (χ3v) is 4.11. The number of carbonyl (C=O) groups excluding carboxylic acids is 1. The van der Waals surface area contributed by atoms with Crippen molar-refractivity contribution < 1.29 is 14.5 Å². The van der Waals surface area contributed by atoms with Gasteiger partial charge in [0.25, 0.3) is 0 Å². The summed E-state index contributed by atoms with van der Waals surface area (Å²) in [4.78, 5) is 14.7. The molecule has 4 nitrogen and oxygen atoms in total. The molecule has 0 fully saturated rings. The number of carboxylic acids is 1. The van der Waals surface area contributed by atoms with Crippen molar-refractivity contribution in [3.63, 3.8) is 0 Å². The van der Waals surface area contributed by atoms with Crippen LogP contribution < -0.4 is 9.67 Å². The Hall–Kier alpha value is -2.23. The van der Waals surface area contributed by atoms with Crippen LogP contribution in [0.3, 0.4) is 0 Å². The maximum absolute atomic E-state index is 10.6. The quantitative estimate of drug-likeness (QED) is 0.733. The lowest BCUT2D eigenvalue weighted by Crippen LogP contribution is -2.43. The van der Waals surface area contributed by atoms with Gasteiger partial charge < -0.3 is 9.90 Å². The Morgan fingerprint density at radius 1 is 1.18 bits per heavy atom. The third kappa shape index (κ3) is 4.38. The average Bonchev–Trinajstić information content (AvgIpc) is 2.53. The third-order valence-electron chi connectivity index (χ3n) is 4.11. The molecule has 0 aliphatic rings. The summed E-state index contributed by atoms with van der Waals surface area (Å²) in [5, 5.41) is 10.6. The van der Waals surface area contributed by atoms with Gasteiger partial charge in [0.05, 0.1) is 0 Å². The number of hydrogen-bond acceptors (Lipinski definition) is 3. The lowest BCUT2D eigenvalue weighted by atomic mass is 9.85. The predicted molar refractivity (Wildman–Crippen MR) is 81.9 cm³/mol. The number of carbonyl (C=O) groups is 1. The first kappa shape index (κ1) is 16.1. The Balaban J connectivity index is 2.04. The van der Waals surface area contributed by atoms with Crippen molar-refractivity contribution in [1.29, 1.82) is 0 Å². The number of nitrogens with zero attached hydrogens (tertiary/aromatic N) is 2. The van der Waals surface area contributed by atoms with E-state index < -0.39 is 5.97 Å². The number of rotatable bonds is 7. The molecule has 0 amide bonds. The van der Waals surface area contributed by atoms with E-state index in [1.165, 1.54) is 11.1 Å². The molecule has 0 spiro atoms. The van der Waals surface area contributed by atoms with E-state index >= 15 is 0 Å². The van der Waals surface area contributed by atoms with E-state index in [-0.39, 0.29) is 6.54 Å². The lowest BCUT2D eigenvalue weighted by molar-refractivity contribution is -0.690. The molecule has 0 bridgehead atoms. The van der Waals surface area contributed by atoms with E-state index in [4.69, 9.17) is 0 Å². The summed E-state index contributed by atoms with van der Waals surface area (Å²) < 4.78 is 1.62. The van der Waals surface area contributed by atoms with Gasteiger partial charge in [0.15, 0.2) is 18.9 Å². The molecule has 2 atom stereocenters. The fraction of sp³-hybridized carbons (Fsp3) is 0.389. The fourth-order valence-corrected chi connectivity index (χ4v) is 2.79. The van der Waals surface area contributed by atoms with Gasteiger partial charge in [0, 0.05) is 24.5 Å². The van der Waals surface area contributed by atoms with Crippen molar-refractivity contribution in [3.8, 4) is 0 Å². The molecule has 116 valence electrons. The second kappa shape index (κ2) is 7.69. The van der Waals surface area contributed by atoms with E-state index in [1.807, 2.05) is 24.5 Å². The number of aliphatic carboxylic acids is 1. The zero-order chi connectivity index (χ0) is 15.9. The molecular formula is C18H22N2O2. The second-order valence-electron chi connectivity index (χ2n) is 5.70. The Morgan fingerprint density at radius 3 is 2.36 bits per heavy atom. The van der Waals surface area contributed by atoms with Crippen LogP contribution in [-0.2, 0) is 11.3 Å². The molecule has 0 saturated carbocycles. The van der Waals surface area contributed by atoms with Gasteiger partial charge in [-0.25, -0.2) is 0 Å². The summed E-state index contributed by atoms with van der Waals surface area (Å²) in [5.41, 5.74) is 2.55. The van der Waals surface area contributed by atoms with Crippen LogP contribution in [0.5, 0.6) is 0 Å². The minimum atomic E-state index is -1.07. The van der Waals surface area contributed by atoms with Gasteiger partial charge >= 0.3 is 0 Å². The maximum Gasteiger partial charge on any atom is 0.187 e. The van der Waals surface area contributed by atoms with Crippen molar-refractivity contribution in [2.45, 2.75) is 45.1 Å². The summed E-state index contributed by atoms with van der Waals surface area (Å²) in [6.45, 7) is 4.31. The van der Waals surface area contributed by atoms with Gasteiger partial charge in [0.2, 0.25) is 0 Å². The topological polar surface area (TPSA) is 56.9 Å². The molecule has 2 aromatic rings. The Bertz CT molecular complexity index is 596. The minimum absolute atomic E-state index is 0.108. The van der Waals surface area contributed by atoms with Gasteiger partial charge in [-0.15, -0.1) is 0 Å². The summed E-state index contributed by atoms with van der Waals surface area (Å²) in [6.07, 6.45) is 9.43. The highest BCUT2D eigenvalue weighted by atomic mass is 16.4. The molecule has 2 aromatic heterocycles. The normalized spacial score (nSPS) is 13.5. The summed E-state index contributed by atoms with van der Waals surface area (Å²) in [7, 11) is 0. The van der Waals surface area contributed by atoms with Crippen molar-refractivity contribution in [1.82, 2.24) is 4.98 Å². The van der Waals surface area contributed by atoms with Crippen LogP contribution in [0.15, 0.2) is 49.1 Å². The van der Waals surface area contributed by atoms with Crippen molar-refractivity contribution in [2.75, 3.05) is 0 Å². The number of hydrogen-bond donors (Lipinski definition) is 0. The molecule has 4 heteroatoms. The highest BCUT2D eigenvalue weighted by molar-refractivity contribution is 5.62. The average molecular weight is 298 g/mol. The highest BCUT2D eigenvalue weighted by Crippen LogP contribution is 2.31. The lowest BCUT2D eigenvalue weighted by Gasteiger charge is -2.20. The summed E-state index contributed by atoms with van der Waals surface area (Å²) in [5.74, 6) is -0.154. The fourth-order valence-electron chi connectivity index (χ4n) is 2.79. The Morgan fingerprint density at radius 2 is 1.82 bits per heavy atom. The molecule has 2 rings (SSSR count). The van der Waals surface area contributed by atoms with Crippen molar-refractivity contribution in [2.24, 2.45) is 0 Å². The summed E-state index contributed by atoms with van der Waals surface area (Å²) >= 11 is 0. The van der Waals surface area contributed by atoms with Crippen LogP contribution >= 0.6 is 0 Å². The number of carboxylic acid groups (broad SMARTS) is 1. The molecule has 22 heavy (non-hydrogen) atoms. The van der Waals surface area contributed by atoms with Crippen LogP contribution in [0.4, 0.5) is 0 Å². The van der Waals surface area contributed by atoms with Gasteiger partial charge in [0.1, 0.15) is 5.97 Å². The molecular weight excluding hydrogens is 276 g/mol. The zero-order valence-electron chi connectivity index (χ0n) is 13.1. The molecule has 2 heterocycles. The van der Waals surface area contributed by atoms with Crippen LogP contribution in [0.25, 0.3) is 0 Å². The van der Waals surface area contributed by atoms with Crippen LogP contribution in [0.2, 0.25) is 0 Å². The monoisotopic (exact) mass is 298 g/mol. The van der Waals surface area contributed by atoms with Gasteiger partial charge in [-0.1, -0.05) is 13.8 Å². The zero-order valence-corrected chi connectivity index (χ0v) is 13.1. The van der Waals surface area contributed by atoms with E-state index in [1.54, 1.807) is 17.0 Å². The Labute approximate surface area is 131 Å². The molecule has 0 aliphatic carbocycles. The van der Waals surface area contributed by atoms with Crippen LogP contribution in [0.1, 0.15) is 49.7 Å². The first-order chi connectivity index (χ1) is 10.6. The van der Waals surface area contributed by atoms with Crippen LogP contribution in [0, 0.1) is 0 Å². The first-order valence-electron chi connectivity index (χ1n) is 7.69. The van der Waals surface area contributed by atoms with Gasteiger partial charge in [-0.3, -0.25) is 4.98 Å². The molecule has 0 aromatic carbocycles. The molecule has 0 saturated heterocycles. The first-order valence-corrected chi connectivity index (χ1v) is 7.69. The smallest absolute Gasteiger partial charge is 0.187 e. The van der Waals surface area contributed by atoms with E-state index in [0.717, 1.165) is 12.8 Å². The van der Waals surface area contributed by atoms with Crippen LogP contribution in [-0.4, -0.2) is 11.0 Å². The second-order valence-corrected chi connectivity index (χ2v) is 5.70. The largest absolute Gasteiger partial charge is 0.544 e. The maximum atomic E-state index is 10.6. The number of aromatic nitrogens is 2. The van der Waals surface area contributed by atoms with Gasteiger partial charge in [-0.2, -0.15) is 4.57 Å². The predicted octanol–water partition coefficient (Wildman–Crippen LogP) is 1.81. The summed E-state index contributed by atoms with van der Waals surface area (Å²) in [6, 6.07) is 8.15. The standard InChI is InChI=1S/C18H22N2O2/c1-3-15(17-4-8-19-9-5-17)12-14(2)16-6-10-20(11-7-16)13-18(21)22/h4-11,14-15H,3,12-13H2,1-2H3. The minimum Gasteiger partial charge on any atom is -0.544 e. The highest BCUT2D eigenvalue weighted by Gasteiger charge is 2.16. The van der Waals surface area contributed by atoms with Gasteiger partial charge in [-0.05, 0) is 47.9 Å². The van der Waals surface area contributed by atoms with Crippen molar-refractivity contribution in [3.05, 3.63) is 60.2 Å². The SMILES string of the molecule is CCC(CC(C)c1cc[n+](CC(=O)[O-])cc1)c1ccncc1. The molecule has 0 N–H and O–H groups in total. The van der Waals surface area contributed by atoms with Crippen molar-refractivity contribution >= 4 is 5.97 Å². The number of pyridine rings is 2. The Kier molecular flexibility index (Phi) is 5.64. The van der Waals surface area contributed by atoms with E-state index in [2.05, 4.69) is 31.0 Å².